The standard InChI is InChI=1S/C8H14N2/c1-4-6-10-8(5-2)7(3)9/h4-7H,1,9H2,2-3H3/b8-5-,10-6?/t7-/m1/s1. The molecule has 0 saturated carbocycles. The molecule has 0 aliphatic heterocycles. The van der Waals surface area contributed by atoms with Gasteiger partial charge in [0.25, 0.3) is 0 Å². The van der Waals surface area contributed by atoms with Crippen LogP contribution in [0.4, 0.5) is 0 Å². The summed E-state index contributed by atoms with van der Waals surface area (Å²) < 4.78 is 0. The predicted octanol–water partition coefficient (Wildman–Crippen LogP) is 1.49. The second-order valence-corrected chi connectivity index (χ2v) is 2.02. The quantitative estimate of drug-likeness (QED) is 0.589. The van der Waals surface area contributed by atoms with Gasteiger partial charge in [-0.3, -0.25) is 4.99 Å². The topological polar surface area (TPSA) is 38.4 Å². The maximum Gasteiger partial charge on any atom is 0.0525 e. The van der Waals surface area contributed by atoms with E-state index in [1.165, 1.54) is 0 Å². The number of nitrogens with zero attached hydrogens (tertiary/aromatic N) is 1. The van der Waals surface area contributed by atoms with E-state index < -0.39 is 0 Å². The molecule has 2 nitrogen and oxygen atoms in total. The van der Waals surface area contributed by atoms with Crippen LogP contribution in [0.25, 0.3) is 0 Å². The Morgan fingerprint density at radius 2 is 2.30 bits per heavy atom. The van der Waals surface area contributed by atoms with Gasteiger partial charge in [-0.2, -0.15) is 0 Å². The van der Waals surface area contributed by atoms with E-state index in [1.807, 2.05) is 19.9 Å². The average Bonchev–Trinajstić information content (AvgIpc) is 1.89. The van der Waals surface area contributed by atoms with E-state index >= 15 is 0 Å². The van der Waals surface area contributed by atoms with Crippen LogP contribution in [0.2, 0.25) is 0 Å². The van der Waals surface area contributed by atoms with Gasteiger partial charge in [-0.25, -0.2) is 0 Å². The largest absolute Gasteiger partial charge is 0.323 e. The highest BCUT2D eigenvalue weighted by Gasteiger charge is 1.96. The molecule has 0 aromatic heterocycles. The van der Waals surface area contributed by atoms with Gasteiger partial charge in [-0.05, 0) is 13.8 Å². The van der Waals surface area contributed by atoms with Crippen LogP contribution in [0.1, 0.15) is 13.8 Å². The van der Waals surface area contributed by atoms with Gasteiger partial charge in [0.15, 0.2) is 0 Å². The zero-order valence-corrected chi connectivity index (χ0v) is 6.54. The van der Waals surface area contributed by atoms with Crippen molar-refractivity contribution in [3.05, 3.63) is 24.4 Å². The van der Waals surface area contributed by atoms with E-state index in [2.05, 4.69) is 11.6 Å². The normalized spacial score (nSPS) is 15.7. The first-order chi connectivity index (χ1) is 4.72. The highest BCUT2D eigenvalue weighted by Crippen LogP contribution is 1.99. The third kappa shape index (κ3) is 3.20. The first-order valence-electron chi connectivity index (χ1n) is 3.29. The second kappa shape index (κ2) is 4.94. The molecule has 0 unspecified atom stereocenters. The molecule has 0 amide bonds. The molecular formula is C8H14N2. The number of aliphatic imine (C=N–C) groups is 1. The molecule has 2 N–H and O–H groups in total. The van der Waals surface area contributed by atoms with Gasteiger partial charge >= 0.3 is 0 Å². The molecule has 0 radical (unpaired) electrons. The molecule has 0 aliphatic carbocycles. The Kier molecular flexibility index (Phi) is 4.50. The van der Waals surface area contributed by atoms with E-state index in [1.54, 1.807) is 12.3 Å². The Labute approximate surface area is 62.1 Å². The van der Waals surface area contributed by atoms with Crippen molar-refractivity contribution in [3.63, 3.8) is 0 Å². The molecule has 2 heteroatoms. The summed E-state index contributed by atoms with van der Waals surface area (Å²) in [5.74, 6) is 0. The van der Waals surface area contributed by atoms with Crippen molar-refractivity contribution in [1.29, 1.82) is 0 Å². The lowest BCUT2D eigenvalue weighted by molar-refractivity contribution is 0.846. The third-order valence-corrected chi connectivity index (χ3v) is 1.09. The minimum absolute atomic E-state index is 0.00111. The summed E-state index contributed by atoms with van der Waals surface area (Å²) >= 11 is 0. The SMILES string of the molecule is C=CC=N/C(=C\C)[C@@H](C)N. The summed E-state index contributed by atoms with van der Waals surface area (Å²) in [7, 11) is 0. The summed E-state index contributed by atoms with van der Waals surface area (Å²) in [5, 5.41) is 0. The molecule has 0 fully saturated rings. The average molecular weight is 138 g/mol. The van der Waals surface area contributed by atoms with E-state index in [9.17, 15) is 0 Å². The van der Waals surface area contributed by atoms with E-state index in [-0.39, 0.29) is 6.04 Å². The van der Waals surface area contributed by atoms with E-state index in [0.717, 1.165) is 5.70 Å². The van der Waals surface area contributed by atoms with E-state index in [4.69, 9.17) is 5.73 Å². The van der Waals surface area contributed by atoms with Gasteiger partial charge in [0.1, 0.15) is 0 Å². The molecule has 0 aromatic carbocycles. The minimum Gasteiger partial charge on any atom is -0.323 e. The van der Waals surface area contributed by atoms with Crippen molar-refractivity contribution in [3.8, 4) is 0 Å². The molecule has 0 heterocycles. The van der Waals surface area contributed by atoms with Crippen LogP contribution in [-0.2, 0) is 0 Å². The van der Waals surface area contributed by atoms with Gasteiger partial charge in [-0.1, -0.05) is 18.7 Å². The Hall–Kier alpha value is -0.890. The fourth-order valence-electron chi connectivity index (χ4n) is 0.594. The fraction of sp³-hybridized carbons (Fsp3) is 0.375. The van der Waals surface area contributed by atoms with Crippen molar-refractivity contribution in [2.75, 3.05) is 0 Å². The van der Waals surface area contributed by atoms with Crippen LogP contribution in [0.5, 0.6) is 0 Å². The molecule has 0 aromatic rings. The van der Waals surface area contributed by atoms with Crippen molar-refractivity contribution < 1.29 is 0 Å². The predicted molar refractivity (Wildman–Crippen MR) is 46.1 cm³/mol. The lowest BCUT2D eigenvalue weighted by Gasteiger charge is -2.02. The Morgan fingerprint density at radius 3 is 2.60 bits per heavy atom. The molecule has 10 heavy (non-hydrogen) atoms. The molecule has 0 bridgehead atoms. The van der Waals surface area contributed by atoms with Gasteiger partial charge in [0.05, 0.1) is 5.70 Å². The summed E-state index contributed by atoms with van der Waals surface area (Å²) in [6, 6.07) is 0.00111. The number of nitrogens with two attached hydrogens (primary N) is 1. The van der Waals surface area contributed by atoms with Crippen LogP contribution in [-0.4, -0.2) is 12.3 Å². The highest BCUT2D eigenvalue weighted by molar-refractivity contribution is 5.71. The number of hydrogen-bond donors (Lipinski definition) is 1. The first-order valence-corrected chi connectivity index (χ1v) is 3.29. The van der Waals surface area contributed by atoms with Crippen LogP contribution < -0.4 is 5.73 Å². The third-order valence-electron chi connectivity index (χ3n) is 1.09. The summed E-state index contributed by atoms with van der Waals surface area (Å²) in [5.41, 5.74) is 6.46. The molecule has 0 rings (SSSR count). The minimum atomic E-state index is 0.00111. The maximum absolute atomic E-state index is 5.57. The second-order valence-electron chi connectivity index (χ2n) is 2.02. The fourth-order valence-corrected chi connectivity index (χ4v) is 0.594. The van der Waals surface area contributed by atoms with Crippen molar-refractivity contribution >= 4 is 6.21 Å². The maximum atomic E-state index is 5.57. The molecule has 0 aliphatic rings. The number of rotatable bonds is 3. The van der Waals surface area contributed by atoms with Crippen LogP contribution >= 0.6 is 0 Å². The zero-order valence-electron chi connectivity index (χ0n) is 6.54. The molecule has 56 valence electrons. The van der Waals surface area contributed by atoms with Crippen molar-refractivity contribution in [2.24, 2.45) is 10.7 Å². The van der Waals surface area contributed by atoms with Crippen LogP contribution in [0, 0.1) is 0 Å². The van der Waals surface area contributed by atoms with Crippen molar-refractivity contribution in [2.45, 2.75) is 19.9 Å². The van der Waals surface area contributed by atoms with Gasteiger partial charge in [0, 0.05) is 12.3 Å². The Morgan fingerprint density at radius 1 is 1.70 bits per heavy atom. The summed E-state index contributed by atoms with van der Waals surface area (Å²) in [6.45, 7) is 7.32. The van der Waals surface area contributed by atoms with Crippen LogP contribution in [0.15, 0.2) is 29.4 Å². The number of allylic oxidation sites excluding steroid dienone is 2. The molecule has 0 spiro atoms. The van der Waals surface area contributed by atoms with Gasteiger partial charge < -0.3 is 5.73 Å². The first kappa shape index (κ1) is 9.11. The Bertz CT molecular complexity index is 155. The van der Waals surface area contributed by atoms with Crippen LogP contribution in [0.3, 0.4) is 0 Å². The van der Waals surface area contributed by atoms with Gasteiger partial charge in [0.2, 0.25) is 0 Å². The van der Waals surface area contributed by atoms with E-state index in [0.29, 0.717) is 0 Å². The molecule has 0 saturated heterocycles. The Balaban J connectivity index is 4.10. The summed E-state index contributed by atoms with van der Waals surface area (Å²) in [4.78, 5) is 4.05. The summed E-state index contributed by atoms with van der Waals surface area (Å²) in [6.07, 6.45) is 5.16. The zero-order chi connectivity index (χ0) is 7.98. The highest BCUT2D eigenvalue weighted by atomic mass is 14.8. The lowest BCUT2D eigenvalue weighted by Crippen LogP contribution is -2.16. The molecule has 1 atom stereocenters. The lowest BCUT2D eigenvalue weighted by atomic mass is 10.2. The smallest absolute Gasteiger partial charge is 0.0525 e. The number of hydrogen-bond acceptors (Lipinski definition) is 2. The monoisotopic (exact) mass is 138 g/mol. The molecular weight excluding hydrogens is 124 g/mol. The van der Waals surface area contributed by atoms with Gasteiger partial charge in [-0.15, -0.1) is 0 Å². The van der Waals surface area contributed by atoms with Crippen molar-refractivity contribution in [1.82, 2.24) is 0 Å².